The summed E-state index contributed by atoms with van der Waals surface area (Å²) in [5, 5.41) is 7.95. The van der Waals surface area contributed by atoms with Gasteiger partial charge in [0.25, 0.3) is 0 Å². The van der Waals surface area contributed by atoms with Gasteiger partial charge in [-0.2, -0.15) is 5.10 Å². The molecule has 2 aromatic heterocycles. The van der Waals surface area contributed by atoms with Crippen molar-refractivity contribution in [2.75, 3.05) is 6.54 Å². The van der Waals surface area contributed by atoms with E-state index in [0.29, 0.717) is 0 Å². The molecule has 0 saturated carbocycles. The molecule has 1 atom stereocenters. The van der Waals surface area contributed by atoms with Crippen molar-refractivity contribution in [3.8, 4) is 0 Å². The normalized spacial score (nSPS) is 12.9. The molecule has 0 bridgehead atoms. The van der Waals surface area contributed by atoms with Crippen LogP contribution in [0.15, 0.2) is 21.2 Å². The molecule has 0 spiro atoms. The predicted molar refractivity (Wildman–Crippen MR) is 79.2 cm³/mol. The summed E-state index contributed by atoms with van der Waals surface area (Å²) < 4.78 is 8.55. The highest BCUT2D eigenvalue weighted by Gasteiger charge is 2.21. The van der Waals surface area contributed by atoms with Crippen LogP contribution in [-0.4, -0.2) is 16.3 Å². The quantitative estimate of drug-likeness (QED) is 0.917. The number of aromatic nitrogens is 2. The van der Waals surface area contributed by atoms with E-state index in [4.69, 9.17) is 4.42 Å². The van der Waals surface area contributed by atoms with Crippen LogP contribution in [0.3, 0.4) is 0 Å². The van der Waals surface area contributed by atoms with Crippen LogP contribution in [0.25, 0.3) is 0 Å². The number of hydrogen-bond donors (Lipinski definition) is 1. The molecular weight excluding hydrogens is 306 g/mol. The molecule has 0 aromatic carbocycles. The Morgan fingerprint density at radius 3 is 2.68 bits per heavy atom. The van der Waals surface area contributed by atoms with Gasteiger partial charge in [0.2, 0.25) is 0 Å². The summed E-state index contributed by atoms with van der Waals surface area (Å²) in [4.78, 5) is 0. The van der Waals surface area contributed by atoms with Crippen molar-refractivity contribution in [2.45, 2.75) is 33.2 Å². The minimum Gasteiger partial charge on any atom is -0.466 e. The van der Waals surface area contributed by atoms with Crippen molar-refractivity contribution in [2.24, 2.45) is 7.05 Å². The molecule has 0 fully saturated rings. The molecular formula is C14H20BrN3O. The average Bonchev–Trinajstić information content (AvgIpc) is 2.88. The maximum atomic E-state index is 5.60. The van der Waals surface area contributed by atoms with E-state index in [2.05, 4.69) is 47.1 Å². The Bertz CT molecular complexity index is 559. The third-order valence-electron chi connectivity index (χ3n) is 3.48. The Morgan fingerprint density at radius 2 is 2.21 bits per heavy atom. The zero-order chi connectivity index (χ0) is 14.0. The van der Waals surface area contributed by atoms with E-state index in [0.717, 1.165) is 28.9 Å². The number of nitrogens with one attached hydrogen (secondary N) is 1. The SMILES string of the molecule is CCNC(Cc1c(C)nn(C)c1C)c1occc1Br. The largest absolute Gasteiger partial charge is 0.466 e. The molecule has 5 heteroatoms. The number of likely N-dealkylation sites (N-methyl/N-ethyl adjacent to an activating group) is 1. The van der Waals surface area contributed by atoms with E-state index in [9.17, 15) is 0 Å². The lowest BCUT2D eigenvalue weighted by Crippen LogP contribution is -2.23. The molecule has 0 radical (unpaired) electrons. The predicted octanol–water partition coefficient (Wildman–Crippen LogP) is 3.29. The summed E-state index contributed by atoms with van der Waals surface area (Å²) in [6.45, 7) is 7.17. The average molecular weight is 326 g/mol. The molecule has 0 aliphatic heterocycles. The van der Waals surface area contributed by atoms with E-state index < -0.39 is 0 Å². The number of aryl methyl sites for hydroxylation is 2. The highest BCUT2D eigenvalue weighted by Crippen LogP contribution is 2.28. The summed E-state index contributed by atoms with van der Waals surface area (Å²) >= 11 is 3.54. The first kappa shape index (κ1) is 14.3. The lowest BCUT2D eigenvalue weighted by atomic mass is 10.0. The van der Waals surface area contributed by atoms with Crippen molar-refractivity contribution >= 4 is 15.9 Å². The number of halogens is 1. The first-order valence-corrected chi connectivity index (χ1v) is 7.29. The zero-order valence-electron chi connectivity index (χ0n) is 11.8. The summed E-state index contributed by atoms with van der Waals surface area (Å²) in [5.74, 6) is 0.949. The first-order valence-electron chi connectivity index (χ1n) is 6.50. The molecule has 0 aliphatic carbocycles. The van der Waals surface area contributed by atoms with Gasteiger partial charge < -0.3 is 9.73 Å². The number of furan rings is 1. The van der Waals surface area contributed by atoms with E-state index in [-0.39, 0.29) is 6.04 Å². The van der Waals surface area contributed by atoms with Crippen molar-refractivity contribution in [3.63, 3.8) is 0 Å². The van der Waals surface area contributed by atoms with Crippen molar-refractivity contribution < 1.29 is 4.42 Å². The summed E-state index contributed by atoms with van der Waals surface area (Å²) in [5.41, 5.74) is 3.59. The van der Waals surface area contributed by atoms with Gasteiger partial charge in [-0.15, -0.1) is 0 Å². The third-order valence-corrected chi connectivity index (χ3v) is 4.13. The molecule has 0 aliphatic rings. The molecule has 2 rings (SSSR count). The molecule has 0 amide bonds. The van der Waals surface area contributed by atoms with Gasteiger partial charge in [0, 0.05) is 12.7 Å². The number of nitrogens with zero attached hydrogens (tertiary/aromatic N) is 2. The Balaban J connectivity index is 2.29. The van der Waals surface area contributed by atoms with Crippen LogP contribution in [-0.2, 0) is 13.5 Å². The van der Waals surface area contributed by atoms with E-state index in [1.54, 1.807) is 6.26 Å². The maximum Gasteiger partial charge on any atom is 0.135 e. The highest BCUT2D eigenvalue weighted by atomic mass is 79.9. The van der Waals surface area contributed by atoms with Crippen LogP contribution < -0.4 is 5.32 Å². The summed E-state index contributed by atoms with van der Waals surface area (Å²) in [6, 6.07) is 2.10. The van der Waals surface area contributed by atoms with Crippen LogP contribution in [0.4, 0.5) is 0 Å². The van der Waals surface area contributed by atoms with Crippen LogP contribution in [0.2, 0.25) is 0 Å². The molecule has 4 nitrogen and oxygen atoms in total. The molecule has 2 heterocycles. The fourth-order valence-corrected chi connectivity index (χ4v) is 2.85. The van der Waals surface area contributed by atoms with Crippen molar-refractivity contribution in [3.05, 3.63) is 39.5 Å². The highest BCUT2D eigenvalue weighted by molar-refractivity contribution is 9.10. The van der Waals surface area contributed by atoms with Gasteiger partial charge in [-0.1, -0.05) is 6.92 Å². The molecule has 19 heavy (non-hydrogen) atoms. The van der Waals surface area contributed by atoms with Crippen LogP contribution in [0.1, 0.15) is 35.7 Å². The van der Waals surface area contributed by atoms with Crippen molar-refractivity contribution in [1.82, 2.24) is 15.1 Å². The lowest BCUT2D eigenvalue weighted by Gasteiger charge is -2.16. The van der Waals surface area contributed by atoms with Crippen molar-refractivity contribution in [1.29, 1.82) is 0 Å². The topological polar surface area (TPSA) is 43.0 Å². The second-order valence-electron chi connectivity index (χ2n) is 4.72. The molecule has 0 saturated heterocycles. The van der Waals surface area contributed by atoms with Crippen LogP contribution in [0.5, 0.6) is 0 Å². The number of hydrogen-bond acceptors (Lipinski definition) is 3. The van der Waals surface area contributed by atoms with Gasteiger partial charge in [0.1, 0.15) is 5.76 Å². The lowest BCUT2D eigenvalue weighted by molar-refractivity contribution is 0.413. The third kappa shape index (κ3) is 2.92. The van der Waals surface area contributed by atoms with Gasteiger partial charge in [-0.05, 0) is 54.4 Å². The molecule has 104 valence electrons. The second kappa shape index (κ2) is 5.92. The standard InChI is InChI=1S/C14H20BrN3O/c1-5-16-13(14-12(15)6-7-19-14)8-11-9(2)17-18(4)10(11)3/h6-7,13,16H,5,8H2,1-4H3. The minimum atomic E-state index is 0.163. The Kier molecular flexibility index (Phi) is 4.47. The fraction of sp³-hybridized carbons (Fsp3) is 0.500. The minimum absolute atomic E-state index is 0.163. The first-order chi connectivity index (χ1) is 9.04. The van der Waals surface area contributed by atoms with Crippen LogP contribution in [0, 0.1) is 13.8 Å². The fourth-order valence-electron chi connectivity index (χ4n) is 2.38. The van der Waals surface area contributed by atoms with Crippen LogP contribution >= 0.6 is 15.9 Å². The monoisotopic (exact) mass is 325 g/mol. The number of rotatable bonds is 5. The molecule has 1 unspecified atom stereocenters. The van der Waals surface area contributed by atoms with E-state index in [1.807, 2.05) is 17.8 Å². The Morgan fingerprint density at radius 1 is 1.47 bits per heavy atom. The van der Waals surface area contributed by atoms with E-state index in [1.165, 1.54) is 11.3 Å². The molecule has 2 aromatic rings. The van der Waals surface area contributed by atoms with Gasteiger partial charge in [0.15, 0.2) is 0 Å². The second-order valence-corrected chi connectivity index (χ2v) is 5.57. The smallest absolute Gasteiger partial charge is 0.135 e. The summed E-state index contributed by atoms with van der Waals surface area (Å²) in [7, 11) is 1.98. The Hall–Kier alpha value is -1.07. The van der Waals surface area contributed by atoms with Gasteiger partial charge in [-0.25, -0.2) is 0 Å². The van der Waals surface area contributed by atoms with Gasteiger partial charge in [0.05, 0.1) is 22.5 Å². The van der Waals surface area contributed by atoms with E-state index >= 15 is 0 Å². The molecule has 1 N–H and O–H groups in total. The summed E-state index contributed by atoms with van der Waals surface area (Å²) in [6.07, 6.45) is 2.60. The van der Waals surface area contributed by atoms with Gasteiger partial charge >= 0.3 is 0 Å². The maximum absolute atomic E-state index is 5.60. The van der Waals surface area contributed by atoms with Gasteiger partial charge in [-0.3, -0.25) is 4.68 Å². The zero-order valence-corrected chi connectivity index (χ0v) is 13.4. The Labute approximate surface area is 122 Å².